The van der Waals surface area contributed by atoms with Gasteiger partial charge in [0.15, 0.2) is 0 Å². The molecule has 0 amide bonds. The summed E-state index contributed by atoms with van der Waals surface area (Å²) in [5.41, 5.74) is 5.68. The molecule has 2 aliphatic rings. The summed E-state index contributed by atoms with van der Waals surface area (Å²) >= 11 is 0. The van der Waals surface area contributed by atoms with Gasteiger partial charge in [-0.15, -0.1) is 0 Å². The van der Waals surface area contributed by atoms with Gasteiger partial charge in [0.2, 0.25) is 0 Å². The van der Waals surface area contributed by atoms with Crippen molar-refractivity contribution < 1.29 is 5.11 Å². The smallest absolute Gasteiger partial charge is 0.0743 e. The molecule has 19 heavy (non-hydrogen) atoms. The maximum Gasteiger partial charge on any atom is 0.0743 e. The second-order valence-corrected chi connectivity index (χ2v) is 7.57. The van der Waals surface area contributed by atoms with E-state index in [1.54, 1.807) is 0 Å². The van der Waals surface area contributed by atoms with Crippen LogP contribution in [0.3, 0.4) is 0 Å². The van der Waals surface area contributed by atoms with Gasteiger partial charge in [-0.25, -0.2) is 0 Å². The molecule has 0 bridgehead atoms. The zero-order chi connectivity index (χ0) is 14.1. The van der Waals surface area contributed by atoms with Gasteiger partial charge in [-0.2, -0.15) is 0 Å². The SMILES string of the molecule is CCC1CCCC(CN)(C2(O)CC(C)CCC2C)C1. The Morgan fingerprint density at radius 2 is 1.89 bits per heavy atom. The van der Waals surface area contributed by atoms with E-state index in [-0.39, 0.29) is 5.41 Å². The molecule has 2 heteroatoms. The topological polar surface area (TPSA) is 46.2 Å². The fourth-order valence-corrected chi connectivity index (χ4v) is 4.94. The average molecular weight is 267 g/mol. The van der Waals surface area contributed by atoms with Crippen LogP contribution in [0.2, 0.25) is 0 Å². The van der Waals surface area contributed by atoms with Gasteiger partial charge in [0.25, 0.3) is 0 Å². The van der Waals surface area contributed by atoms with Crippen molar-refractivity contribution in [2.24, 2.45) is 28.9 Å². The lowest BCUT2D eigenvalue weighted by Crippen LogP contribution is -2.60. The van der Waals surface area contributed by atoms with E-state index >= 15 is 0 Å². The Labute approximate surface area is 119 Å². The van der Waals surface area contributed by atoms with Crippen molar-refractivity contribution in [3.63, 3.8) is 0 Å². The van der Waals surface area contributed by atoms with Crippen molar-refractivity contribution in [2.45, 2.75) is 77.7 Å². The molecule has 0 aromatic carbocycles. The molecule has 2 nitrogen and oxygen atoms in total. The van der Waals surface area contributed by atoms with Crippen LogP contribution in [0.5, 0.6) is 0 Å². The van der Waals surface area contributed by atoms with Gasteiger partial charge in [0, 0.05) is 12.0 Å². The Morgan fingerprint density at radius 3 is 2.53 bits per heavy atom. The van der Waals surface area contributed by atoms with Gasteiger partial charge in [0.1, 0.15) is 0 Å². The molecular formula is C17H33NO. The second-order valence-electron chi connectivity index (χ2n) is 7.57. The molecule has 0 aromatic rings. The number of rotatable bonds is 3. The summed E-state index contributed by atoms with van der Waals surface area (Å²) in [6.07, 6.45) is 9.49. The minimum atomic E-state index is -0.521. The lowest BCUT2D eigenvalue weighted by Gasteiger charge is -2.56. The highest BCUT2D eigenvalue weighted by molar-refractivity contribution is 5.06. The maximum atomic E-state index is 11.5. The molecule has 0 heterocycles. The molecule has 112 valence electrons. The van der Waals surface area contributed by atoms with Gasteiger partial charge in [-0.1, -0.05) is 46.5 Å². The molecule has 0 saturated heterocycles. The molecule has 3 N–H and O–H groups in total. The Bertz CT molecular complexity index is 306. The summed E-state index contributed by atoms with van der Waals surface area (Å²) in [6.45, 7) is 7.49. The molecular weight excluding hydrogens is 234 g/mol. The van der Waals surface area contributed by atoms with E-state index in [1.807, 2.05) is 0 Å². The zero-order valence-corrected chi connectivity index (χ0v) is 13.1. The van der Waals surface area contributed by atoms with Gasteiger partial charge in [-0.05, 0) is 43.4 Å². The first-order valence-electron chi connectivity index (χ1n) is 8.40. The van der Waals surface area contributed by atoms with E-state index in [1.165, 1.54) is 25.7 Å². The molecule has 2 fully saturated rings. The summed E-state index contributed by atoms with van der Waals surface area (Å²) in [7, 11) is 0. The molecule has 2 aliphatic carbocycles. The number of nitrogens with two attached hydrogens (primary N) is 1. The number of hydrogen-bond donors (Lipinski definition) is 2. The predicted molar refractivity (Wildman–Crippen MR) is 80.9 cm³/mol. The van der Waals surface area contributed by atoms with E-state index in [2.05, 4.69) is 20.8 Å². The maximum absolute atomic E-state index is 11.5. The third-order valence-corrected chi connectivity index (χ3v) is 6.40. The highest BCUT2D eigenvalue weighted by atomic mass is 16.3. The van der Waals surface area contributed by atoms with Crippen molar-refractivity contribution in [2.75, 3.05) is 6.54 Å². The Kier molecular flexibility index (Phi) is 4.62. The van der Waals surface area contributed by atoms with E-state index in [4.69, 9.17) is 5.73 Å². The van der Waals surface area contributed by atoms with Crippen LogP contribution in [0.15, 0.2) is 0 Å². The lowest BCUT2D eigenvalue weighted by molar-refractivity contribution is -0.169. The average Bonchev–Trinajstić information content (AvgIpc) is 2.43. The third kappa shape index (κ3) is 2.58. The summed E-state index contributed by atoms with van der Waals surface area (Å²) in [4.78, 5) is 0. The van der Waals surface area contributed by atoms with Gasteiger partial charge in [-0.3, -0.25) is 0 Å². The van der Waals surface area contributed by atoms with Crippen molar-refractivity contribution in [1.29, 1.82) is 0 Å². The third-order valence-electron chi connectivity index (χ3n) is 6.40. The predicted octanol–water partition coefficient (Wildman–Crippen LogP) is 3.72. The summed E-state index contributed by atoms with van der Waals surface area (Å²) in [6, 6.07) is 0. The van der Waals surface area contributed by atoms with E-state index in [0.717, 1.165) is 31.6 Å². The molecule has 0 aliphatic heterocycles. The van der Waals surface area contributed by atoms with Crippen molar-refractivity contribution in [3.05, 3.63) is 0 Å². The fourth-order valence-electron chi connectivity index (χ4n) is 4.94. The van der Waals surface area contributed by atoms with Crippen LogP contribution in [0.4, 0.5) is 0 Å². The lowest BCUT2D eigenvalue weighted by atomic mass is 9.52. The second kappa shape index (κ2) is 5.73. The van der Waals surface area contributed by atoms with Gasteiger partial charge >= 0.3 is 0 Å². The summed E-state index contributed by atoms with van der Waals surface area (Å²) in [5.74, 6) is 1.82. The molecule has 2 rings (SSSR count). The van der Waals surface area contributed by atoms with Crippen LogP contribution in [-0.2, 0) is 0 Å². The highest BCUT2D eigenvalue weighted by Crippen LogP contribution is 2.55. The van der Waals surface area contributed by atoms with Crippen molar-refractivity contribution in [3.8, 4) is 0 Å². The Balaban J connectivity index is 2.27. The quantitative estimate of drug-likeness (QED) is 0.818. The fraction of sp³-hybridized carbons (Fsp3) is 1.00. The van der Waals surface area contributed by atoms with Crippen LogP contribution in [0.1, 0.15) is 72.1 Å². The first-order chi connectivity index (χ1) is 8.97. The van der Waals surface area contributed by atoms with Crippen LogP contribution in [-0.4, -0.2) is 17.3 Å². The summed E-state index contributed by atoms with van der Waals surface area (Å²) in [5, 5.41) is 11.5. The minimum absolute atomic E-state index is 0.0139. The minimum Gasteiger partial charge on any atom is -0.389 e. The molecule has 0 spiro atoms. The number of aliphatic hydroxyl groups is 1. The van der Waals surface area contributed by atoms with E-state index in [0.29, 0.717) is 18.4 Å². The summed E-state index contributed by atoms with van der Waals surface area (Å²) < 4.78 is 0. The normalized spacial score (nSPS) is 48.2. The van der Waals surface area contributed by atoms with Crippen molar-refractivity contribution >= 4 is 0 Å². The van der Waals surface area contributed by atoms with Gasteiger partial charge in [0.05, 0.1) is 5.60 Å². The van der Waals surface area contributed by atoms with E-state index in [9.17, 15) is 5.11 Å². The molecule has 5 unspecified atom stereocenters. The number of hydrogen-bond acceptors (Lipinski definition) is 2. The first-order valence-corrected chi connectivity index (χ1v) is 8.40. The first kappa shape index (κ1) is 15.3. The standard InChI is InChI=1S/C17H33NO/c1-4-15-6-5-9-16(11-15,12-18)17(19)10-13(2)7-8-14(17)3/h13-15,19H,4-12,18H2,1-3H3. The van der Waals surface area contributed by atoms with Crippen molar-refractivity contribution in [1.82, 2.24) is 0 Å². The van der Waals surface area contributed by atoms with Crippen LogP contribution < -0.4 is 5.73 Å². The zero-order valence-electron chi connectivity index (χ0n) is 13.1. The molecule has 0 radical (unpaired) electrons. The van der Waals surface area contributed by atoms with Gasteiger partial charge < -0.3 is 10.8 Å². The highest BCUT2D eigenvalue weighted by Gasteiger charge is 2.55. The Hall–Kier alpha value is -0.0800. The molecule has 2 saturated carbocycles. The molecule has 0 aromatic heterocycles. The largest absolute Gasteiger partial charge is 0.389 e. The molecule has 5 atom stereocenters. The van der Waals surface area contributed by atoms with Crippen LogP contribution in [0, 0.1) is 23.2 Å². The van der Waals surface area contributed by atoms with Crippen LogP contribution in [0.25, 0.3) is 0 Å². The van der Waals surface area contributed by atoms with Crippen LogP contribution >= 0.6 is 0 Å². The van der Waals surface area contributed by atoms with E-state index < -0.39 is 5.60 Å². The Morgan fingerprint density at radius 1 is 1.16 bits per heavy atom. The monoisotopic (exact) mass is 267 g/mol.